The number of aryl methyl sites for hydroxylation is 1. The third kappa shape index (κ3) is 5.33. The van der Waals surface area contributed by atoms with Crippen molar-refractivity contribution in [1.29, 1.82) is 0 Å². The summed E-state index contributed by atoms with van der Waals surface area (Å²) in [7, 11) is 3.81. The quantitative estimate of drug-likeness (QED) is 0.784. The van der Waals surface area contributed by atoms with Gasteiger partial charge in [-0.15, -0.1) is 0 Å². The molecule has 0 fully saturated rings. The average Bonchev–Trinajstić information content (AvgIpc) is 2.36. The van der Waals surface area contributed by atoms with E-state index in [2.05, 4.69) is 43.4 Å². The second-order valence-electron chi connectivity index (χ2n) is 4.80. The third-order valence-electron chi connectivity index (χ3n) is 3.33. The Morgan fingerprint density at radius 1 is 1.18 bits per heavy atom. The SMILES string of the molecule is CNC(CCC(C)OC)Cc1ccc(C)cc1. The van der Waals surface area contributed by atoms with E-state index >= 15 is 0 Å². The van der Waals surface area contributed by atoms with Crippen molar-refractivity contribution in [2.75, 3.05) is 14.2 Å². The zero-order chi connectivity index (χ0) is 12.7. The van der Waals surface area contributed by atoms with Crippen molar-refractivity contribution in [2.45, 2.75) is 45.3 Å². The average molecular weight is 235 g/mol. The van der Waals surface area contributed by atoms with Gasteiger partial charge in [0.1, 0.15) is 0 Å². The van der Waals surface area contributed by atoms with Crippen LogP contribution in [0.15, 0.2) is 24.3 Å². The summed E-state index contributed by atoms with van der Waals surface area (Å²) < 4.78 is 5.28. The molecule has 0 amide bonds. The highest BCUT2D eigenvalue weighted by Gasteiger charge is 2.09. The molecule has 2 nitrogen and oxygen atoms in total. The van der Waals surface area contributed by atoms with E-state index in [9.17, 15) is 0 Å². The summed E-state index contributed by atoms with van der Waals surface area (Å²) in [6.07, 6.45) is 3.70. The van der Waals surface area contributed by atoms with Crippen LogP contribution in [0.4, 0.5) is 0 Å². The number of benzene rings is 1. The fraction of sp³-hybridized carbons (Fsp3) is 0.600. The molecule has 1 N–H and O–H groups in total. The molecule has 2 atom stereocenters. The molecule has 17 heavy (non-hydrogen) atoms. The number of hydrogen-bond donors (Lipinski definition) is 1. The molecule has 0 spiro atoms. The number of methoxy groups -OCH3 is 1. The van der Waals surface area contributed by atoms with Gasteiger partial charge in [-0.25, -0.2) is 0 Å². The van der Waals surface area contributed by atoms with Crippen molar-refractivity contribution in [2.24, 2.45) is 0 Å². The van der Waals surface area contributed by atoms with E-state index in [0.29, 0.717) is 12.1 Å². The van der Waals surface area contributed by atoms with Crippen LogP contribution in [0.5, 0.6) is 0 Å². The van der Waals surface area contributed by atoms with E-state index in [4.69, 9.17) is 4.74 Å². The molecule has 1 aromatic carbocycles. The van der Waals surface area contributed by atoms with Crippen molar-refractivity contribution < 1.29 is 4.74 Å². The summed E-state index contributed by atoms with van der Waals surface area (Å²) in [5, 5.41) is 3.39. The van der Waals surface area contributed by atoms with Gasteiger partial charge in [-0.1, -0.05) is 29.8 Å². The summed E-state index contributed by atoms with van der Waals surface area (Å²) in [6, 6.07) is 9.34. The second-order valence-corrected chi connectivity index (χ2v) is 4.80. The molecule has 0 aliphatic heterocycles. The zero-order valence-electron chi connectivity index (χ0n) is 11.5. The monoisotopic (exact) mass is 235 g/mol. The Labute approximate surface area is 105 Å². The van der Waals surface area contributed by atoms with E-state index in [-0.39, 0.29) is 0 Å². The van der Waals surface area contributed by atoms with Crippen molar-refractivity contribution in [3.05, 3.63) is 35.4 Å². The fourth-order valence-electron chi connectivity index (χ4n) is 1.91. The molecule has 0 aromatic heterocycles. The first-order valence-electron chi connectivity index (χ1n) is 6.41. The van der Waals surface area contributed by atoms with Crippen LogP contribution >= 0.6 is 0 Å². The molecular weight excluding hydrogens is 210 g/mol. The second kappa shape index (κ2) is 7.46. The maximum absolute atomic E-state index is 5.28. The molecule has 0 saturated carbocycles. The number of nitrogens with one attached hydrogen (secondary N) is 1. The maximum atomic E-state index is 5.28. The Morgan fingerprint density at radius 2 is 1.82 bits per heavy atom. The standard InChI is InChI=1S/C15H25NO/c1-12-5-8-14(9-6-12)11-15(16-3)10-7-13(2)17-4/h5-6,8-9,13,15-16H,7,10-11H2,1-4H3. The van der Waals surface area contributed by atoms with Gasteiger partial charge < -0.3 is 10.1 Å². The zero-order valence-corrected chi connectivity index (χ0v) is 11.5. The van der Waals surface area contributed by atoms with Crippen molar-refractivity contribution in [3.8, 4) is 0 Å². The first-order valence-corrected chi connectivity index (χ1v) is 6.41. The lowest BCUT2D eigenvalue weighted by Gasteiger charge is -2.18. The Kier molecular flexibility index (Phi) is 6.23. The molecule has 1 rings (SSSR count). The Bertz CT molecular complexity index is 307. The van der Waals surface area contributed by atoms with Crippen LogP contribution in [0, 0.1) is 6.92 Å². The molecule has 0 bridgehead atoms. The molecule has 0 aliphatic rings. The lowest BCUT2D eigenvalue weighted by atomic mass is 10.00. The number of ether oxygens (including phenoxy) is 1. The molecule has 0 aliphatic carbocycles. The van der Waals surface area contributed by atoms with Gasteiger partial charge in [0, 0.05) is 13.2 Å². The first-order chi connectivity index (χ1) is 8.15. The summed E-state index contributed by atoms with van der Waals surface area (Å²) >= 11 is 0. The highest BCUT2D eigenvalue weighted by atomic mass is 16.5. The van der Waals surface area contributed by atoms with Crippen LogP contribution in [0.3, 0.4) is 0 Å². The number of hydrogen-bond acceptors (Lipinski definition) is 2. The van der Waals surface area contributed by atoms with Crippen molar-refractivity contribution in [3.63, 3.8) is 0 Å². The molecule has 2 heteroatoms. The van der Waals surface area contributed by atoms with E-state index in [1.165, 1.54) is 11.1 Å². The van der Waals surface area contributed by atoms with Gasteiger partial charge in [0.2, 0.25) is 0 Å². The minimum atomic E-state index is 0.351. The fourth-order valence-corrected chi connectivity index (χ4v) is 1.91. The smallest absolute Gasteiger partial charge is 0.0543 e. The molecule has 1 aromatic rings. The topological polar surface area (TPSA) is 21.3 Å². The first kappa shape index (κ1) is 14.2. The highest BCUT2D eigenvalue weighted by Crippen LogP contribution is 2.11. The third-order valence-corrected chi connectivity index (χ3v) is 3.33. The van der Waals surface area contributed by atoms with Crippen molar-refractivity contribution in [1.82, 2.24) is 5.32 Å². The lowest BCUT2D eigenvalue weighted by Crippen LogP contribution is -2.28. The summed E-state index contributed by atoms with van der Waals surface area (Å²) in [6.45, 7) is 4.25. The van der Waals surface area contributed by atoms with Crippen molar-refractivity contribution >= 4 is 0 Å². The lowest BCUT2D eigenvalue weighted by molar-refractivity contribution is 0.106. The molecule has 0 heterocycles. The Hall–Kier alpha value is -0.860. The Balaban J connectivity index is 2.43. The molecule has 2 unspecified atom stereocenters. The van der Waals surface area contributed by atoms with Crippen LogP contribution in [0.1, 0.15) is 30.9 Å². The van der Waals surface area contributed by atoms with E-state index < -0.39 is 0 Å². The number of rotatable bonds is 7. The van der Waals surface area contributed by atoms with Crippen LogP contribution in [-0.2, 0) is 11.2 Å². The van der Waals surface area contributed by atoms with Gasteiger partial charge in [0.05, 0.1) is 6.10 Å². The number of likely N-dealkylation sites (N-methyl/N-ethyl adjacent to an activating group) is 1. The van der Waals surface area contributed by atoms with Gasteiger partial charge in [0.15, 0.2) is 0 Å². The van der Waals surface area contributed by atoms with Gasteiger partial charge in [-0.3, -0.25) is 0 Å². The molecule has 0 saturated heterocycles. The van der Waals surface area contributed by atoms with Crippen LogP contribution in [0.25, 0.3) is 0 Å². The van der Waals surface area contributed by atoms with Gasteiger partial charge in [-0.2, -0.15) is 0 Å². The predicted molar refractivity (Wildman–Crippen MR) is 73.4 cm³/mol. The Morgan fingerprint density at radius 3 is 2.35 bits per heavy atom. The normalized spacial score (nSPS) is 14.6. The summed E-state index contributed by atoms with van der Waals surface area (Å²) in [5.74, 6) is 0. The molecular formula is C15H25NO. The molecule has 0 radical (unpaired) electrons. The summed E-state index contributed by atoms with van der Waals surface area (Å²) in [4.78, 5) is 0. The van der Waals surface area contributed by atoms with Gasteiger partial charge >= 0.3 is 0 Å². The van der Waals surface area contributed by atoms with E-state index in [1.54, 1.807) is 7.11 Å². The molecule has 96 valence electrons. The highest BCUT2D eigenvalue weighted by molar-refractivity contribution is 5.22. The summed E-state index contributed by atoms with van der Waals surface area (Å²) in [5.41, 5.74) is 2.72. The minimum absolute atomic E-state index is 0.351. The van der Waals surface area contributed by atoms with E-state index in [0.717, 1.165) is 19.3 Å². The largest absolute Gasteiger partial charge is 0.382 e. The predicted octanol–water partition coefficient (Wildman–Crippen LogP) is 2.94. The van der Waals surface area contributed by atoms with Gasteiger partial charge in [0.25, 0.3) is 0 Å². The van der Waals surface area contributed by atoms with Crippen LogP contribution in [0.2, 0.25) is 0 Å². The van der Waals surface area contributed by atoms with E-state index in [1.807, 2.05) is 7.05 Å². The maximum Gasteiger partial charge on any atom is 0.0543 e. The van der Waals surface area contributed by atoms with Gasteiger partial charge in [-0.05, 0) is 45.7 Å². The van der Waals surface area contributed by atoms with Crippen LogP contribution < -0.4 is 5.32 Å². The minimum Gasteiger partial charge on any atom is -0.382 e. The van der Waals surface area contributed by atoms with Crippen LogP contribution in [-0.4, -0.2) is 26.3 Å².